The summed E-state index contributed by atoms with van der Waals surface area (Å²) in [7, 11) is 0. The fourth-order valence-corrected chi connectivity index (χ4v) is 2.92. The van der Waals surface area contributed by atoms with Crippen molar-refractivity contribution in [2.24, 2.45) is 11.3 Å². The zero-order chi connectivity index (χ0) is 18.9. The fourth-order valence-electron chi connectivity index (χ4n) is 2.92. The van der Waals surface area contributed by atoms with Crippen LogP contribution < -0.4 is 5.32 Å². The highest BCUT2D eigenvalue weighted by atomic mass is 14.9. The molecule has 0 saturated heterocycles. The van der Waals surface area contributed by atoms with Crippen LogP contribution in [0.3, 0.4) is 0 Å². The Morgan fingerprint density at radius 2 is 1.72 bits per heavy atom. The van der Waals surface area contributed by atoms with Crippen LogP contribution in [-0.4, -0.2) is 6.04 Å². The molecule has 0 aliphatic rings. The number of hydrogen-bond donors (Lipinski definition) is 1. The molecule has 0 fully saturated rings. The van der Waals surface area contributed by atoms with Crippen LogP contribution in [0, 0.1) is 11.3 Å². The molecule has 1 rings (SSSR count). The molecule has 0 radical (unpaired) electrons. The molecule has 1 aromatic rings. The molecule has 140 valence electrons. The van der Waals surface area contributed by atoms with Crippen LogP contribution >= 0.6 is 0 Å². The number of allylic oxidation sites excluding steroid dienone is 1. The molecule has 0 bridgehead atoms. The second-order valence-corrected chi connectivity index (χ2v) is 8.35. The summed E-state index contributed by atoms with van der Waals surface area (Å²) in [5, 5.41) is 3.64. The average molecular weight is 342 g/mol. The van der Waals surface area contributed by atoms with Gasteiger partial charge in [0.25, 0.3) is 0 Å². The van der Waals surface area contributed by atoms with E-state index in [2.05, 4.69) is 83.4 Å². The Morgan fingerprint density at radius 1 is 1.08 bits per heavy atom. The van der Waals surface area contributed by atoms with Crippen LogP contribution in [0.5, 0.6) is 0 Å². The maximum Gasteiger partial charge on any atom is 0.0508 e. The van der Waals surface area contributed by atoms with E-state index in [1.165, 1.54) is 30.4 Å². The van der Waals surface area contributed by atoms with Crippen LogP contribution in [0.1, 0.15) is 72.3 Å². The Morgan fingerprint density at radius 3 is 2.28 bits per heavy atom. The lowest BCUT2D eigenvalue weighted by atomic mass is 9.77. The van der Waals surface area contributed by atoms with E-state index in [0.29, 0.717) is 5.41 Å². The standard InChI is InChI=1S/C24H39N/c1-8-20(4)23(18-22-15-10-9-11-16-22)25-21(5)14-12-13-17-24(6,7)19(2)3/h9-11,15-16,19,23,25H,4-5,8,12-14,17-18H2,1-3,6-7H3. The summed E-state index contributed by atoms with van der Waals surface area (Å²) < 4.78 is 0. The van der Waals surface area contributed by atoms with Gasteiger partial charge in [0, 0.05) is 5.70 Å². The lowest BCUT2D eigenvalue weighted by molar-refractivity contribution is 0.221. The Bertz CT molecular complexity index is 524. The minimum Gasteiger partial charge on any atom is -0.382 e. The average Bonchev–Trinajstić information content (AvgIpc) is 2.58. The highest BCUT2D eigenvalue weighted by molar-refractivity contribution is 5.21. The molecule has 0 aliphatic heterocycles. The number of rotatable bonds is 12. The van der Waals surface area contributed by atoms with E-state index in [1.807, 2.05) is 0 Å². The van der Waals surface area contributed by atoms with Crippen molar-refractivity contribution in [1.82, 2.24) is 5.32 Å². The Labute approximate surface area is 156 Å². The number of benzene rings is 1. The topological polar surface area (TPSA) is 12.0 Å². The lowest BCUT2D eigenvalue weighted by Gasteiger charge is -2.29. The van der Waals surface area contributed by atoms with Gasteiger partial charge in [0.2, 0.25) is 0 Å². The minimum atomic E-state index is 0.284. The molecule has 0 aromatic heterocycles. The van der Waals surface area contributed by atoms with Crippen molar-refractivity contribution in [3.63, 3.8) is 0 Å². The monoisotopic (exact) mass is 341 g/mol. The summed E-state index contributed by atoms with van der Waals surface area (Å²) in [6, 6.07) is 10.9. The number of unbranched alkanes of at least 4 members (excludes halogenated alkanes) is 1. The Hall–Kier alpha value is -1.50. The summed E-state index contributed by atoms with van der Waals surface area (Å²) in [6.07, 6.45) is 6.79. The third-order valence-electron chi connectivity index (χ3n) is 5.72. The van der Waals surface area contributed by atoms with E-state index in [0.717, 1.165) is 30.9 Å². The van der Waals surface area contributed by atoms with Gasteiger partial charge in [0.05, 0.1) is 6.04 Å². The third kappa shape index (κ3) is 7.94. The maximum absolute atomic E-state index is 4.27. The minimum absolute atomic E-state index is 0.284. The summed E-state index contributed by atoms with van der Waals surface area (Å²) in [4.78, 5) is 0. The van der Waals surface area contributed by atoms with Crippen molar-refractivity contribution in [3.8, 4) is 0 Å². The first-order valence-corrected chi connectivity index (χ1v) is 9.92. The molecule has 1 heteroatoms. The summed E-state index contributed by atoms with van der Waals surface area (Å²) in [6.45, 7) is 20.1. The van der Waals surface area contributed by atoms with E-state index in [-0.39, 0.29) is 6.04 Å². The van der Waals surface area contributed by atoms with Gasteiger partial charge in [0.1, 0.15) is 0 Å². The van der Waals surface area contributed by atoms with E-state index in [4.69, 9.17) is 0 Å². The van der Waals surface area contributed by atoms with Crippen LogP contribution in [0.25, 0.3) is 0 Å². The summed E-state index contributed by atoms with van der Waals surface area (Å²) in [5.74, 6) is 0.733. The predicted octanol–water partition coefficient (Wildman–Crippen LogP) is 6.91. The predicted molar refractivity (Wildman–Crippen MR) is 113 cm³/mol. The molecule has 0 spiro atoms. The highest BCUT2D eigenvalue weighted by Crippen LogP contribution is 2.32. The van der Waals surface area contributed by atoms with E-state index >= 15 is 0 Å². The van der Waals surface area contributed by atoms with E-state index < -0.39 is 0 Å². The Balaban J connectivity index is 2.46. The smallest absolute Gasteiger partial charge is 0.0508 e. The van der Waals surface area contributed by atoms with Gasteiger partial charge in [-0.05, 0) is 49.0 Å². The van der Waals surface area contributed by atoms with Crippen molar-refractivity contribution in [2.75, 3.05) is 0 Å². The van der Waals surface area contributed by atoms with Gasteiger partial charge >= 0.3 is 0 Å². The van der Waals surface area contributed by atoms with Gasteiger partial charge in [-0.2, -0.15) is 0 Å². The molecule has 1 N–H and O–H groups in total. The van der Waals surface area contributed by atoms with Gasteiger partial charge in [-0.3, -0.25) is 0 Å². The maximum atomic E-state index is 4.27. The van der Waals surface area contributed by atoms with Gasteiger partial charge in [0.15, 0.2) is 0 Å². The molecule has 1 unspecified atom stereocenters. The molecule has 1 aromatic carbocycles. The first-order valence-electron chi connectivity index (χ1n) is 9.92. The fraction of sp³-hybridized carbons (Fsp3) is 0.583. The molecular formula is C24H39N. The summed E-state index contributed by atoms with van der Waals surface area (Å²) >= 11 is 0. The molecule has 0 aliphatic carbocycles. The zero-order valence-corrected chi connectivity index (χ0v) is 17.2. The number of hydrogen-bond acceptors (Lipinski definition) is 1. The van der Waals surface area contributed by atoms with Crippen molar-refractivity contribution in [1.29, 1.82) is 0 Å². The zero-order valence-electron chi connectivity index (χ0n) is 17.2. The molecule has 0 saturated carbocycles. The molecule has 0 heterocycles. The van der Waals surface area contributed by atoms with Crippen molar-refractivity contribution in [3.05, 3.63) is 60.3 Å². The van der Waals surface area contributed by atoms with Crippen molar-refractivity contribution >= 4 is 0 Å². The highest BCUT2D eigenvalue weighted by Gasteiger charge is 2.21. The molecule has 0 amide bonds. The second-order valence-electron chi connectivity index (χ2n) is 8.35. The van der Waals surface area contributed by atoms with Crippen LogP contribution in [0.4, 0.5) is 0 Å². The van der Waals surface area contributed by atoms with Gasteiger partial charge < -0.3 is 5.32 Å². The second kappa shape index (κ2) is 10.5. The van der Waals surface area contributed by atoms with Crippen LogP contribution in [-0.2, 0) is 6.42 Å². The van der Waals surface area contributed by atoms with E-state index in [1.54, 1.807) is 0 Å². The van der Waals surface area contributed by atoms with Crippen molar-refractivity contribution in [2.45, 2.75) is 79.2 Å². The largest absolute Gasteiger partial charge is 0.382 e. The lowest BCUT2D eigenvalue weighted by Crippen LogP contribution is -2.31. The van der Waals surface area contributed by atoms with Gasteiger partial charge in [-0.15, -0.1) is 0 Å². The molecule has 25 heavy (non-hydrogen) atoms. The molecule has 1 nitrogen and oxygen atoms in total. The van der Waals surface area contributed by atoms with Crippen LogP contribution in [0.2, 0.25) is 0 Å². The number of nitrogens with one attached hydrogen (secondary N) is 1. The molecular weight excluding hydrogens is 302 g/mol. The van der Waals surface area contributed by atoms with E-state index in [9.17, 15) is 0 Å². The first kappa shape index (κ1) is 21.5. The Kier molecular flexibility index (Phi) is 9.03. The van der Waals surface area contributed by atoms with Crippen LogP contribution in [0.15, 0.2) is 54.8 Å². The van der Waals surface area contributed by atoms with Crippen molar-refractivity contribution < 1.29 is 0 Å². The summed E-state index contributed by atoms with van der Waals surface area (Å²) in [5.41, 5.74) is 4.19. The molecule has 1 atom stereocenters. The van der Waals surface area contributed by atoms with Gasteiger partial charge in [-0.1, -0.05) is 90.1 Å². The normalized spacial score (nSPS) is 12.9. The SMILES string of the molecule is C=C(CCCCC(C)(C)C(C)C)NC(Cc1ccccc1)C(=C)CC. The van der Waals surface area contributed by atoms with Gasteiger partial charge in [-0.25, -0.2) is 0 Å². The quantitative estimate of drug-likeness (QED) is 0.322. The first-order chi connectivity index (χ1) is 11.8. The third-order valence-corrected chi connectivity index (χ3v) is 5.72.